The molecule has 1 saturated heterocycles. The summed E-state index contributed by atoms with van der Waals surface area (Å²) in [5.41, 5.74) is 1.37. The van der Waals surface area contributed by atoms with Crippen molar-refractivity contribution in [2.24, 2.45) is 0 Å². The molecule has 0 saturated carbocycles. The van der Waals surface area contributed by atoms with Crippen molar-refractivity contribution in [3.05, 3.63) is 36.0 Å². The number of fused-ring (bicyclic) bond motifs is 1. The summed E-state index contributed by atoms with van der Waals surface area (Å²) < 4.78 is 0. The Bertz CT molecular complexity index is 803. The summed E-state index contributed by atoms with van der Waals surface area (Å²) in [5, 5.41) is 12.2. The van der Waals surface area contributed by atoms with E-state index in [-0.39, 0.29) is 5.91 Å². The summed E-state index contributed by atoms with van der Waals surface area (Å²) in [4.78, 5) is 40.6. The fourth-order valence-electron chi connectivity index (χ4n) is 2.63. The molecule has 1 aromatic carbocycles. The van der Waals surface area contributed by atoms with Gasteiger partial charge < -0.3 is 20.3 Å². The molecule has 7 nitrogen and oxygen atoms in total. The van der Waals surface area contributed by atoms with Crippen LogP contribution in [-0.4, -0.2) is 56.5 Å². The number of nitrogens with one attached hydrogen (secondary N) is 2. The lowest BCUT2D eigenvalue weighted by molar-refractivity contribution is -0.141. The molecule has 0 bridgehead atoms. The Morgan fingerprint density at radius 1 is 1.38 bits per heavy atom. The number of hydrogen-bond acceptors (Lipinski definition) is 4. The monoisotopic (exact) mass is 347 g/mol. The van der Waals surface area contributed by atoms with Crippen molar-refractivity contribution in [1.82, 2.24) is 15.2 Å². The number of aliphatic carboxylic acids is 1. The van der Waals surface area contributed by atoms with Gasteiger partial charge in [-0.3, -0.25) is 14.4 Å². The molecule has 1 fully saturated rings. The van der Waals surface area contributed by atoms with E-state index < -0.39 is 24.0 Å². The number of H-pyrrole nitrogens is 1. The Kier molecular flexibility index (Phi) is 4.48. The van der Waals surface area contributed by atoms with Gasteiger partial charge in [0.2, 0.25) is 5.91 Å². The van der Waals surface area contributed by atoms with Crippen LogP contribution in [0, 0.1) is 0 Å². The molecule has 2 aromatic rings. The molecule has 0 spiro atoms. The van der Waals surface area contributed by atoms with Crippen LogP contribution in [0.25, 0.3) is 10.9 Å². The Labute approximate surface area is 142 Å². The average molecular weight is 347 g/mol. The Morgan fingerprint density at radius 3 is 2.88 bits per heavy atom. The zero-order valence-electron chi connectivity index (χ0n) is 13.0. The maximum atomic E-state index is 12.9. The molecule has 8 heteroatoms. The lowest BCUT2D eigenvalue weighted by Gasteiger charge is -2.23. The van der Waals surface area contributed by atoms with E-state index in [2.05, 4.69) is 10.3 Å². The highest BCUT2D eigenvalue weighted by Gasteiger charge is 2.36. The topological polar surface area (TPSA) is 103 Å². The van der Waals surface area contributed by atoms with Crippen LogP contribution in [0.4, 0.5) is 0 Å². The first-order valence-electron chi connectivity index (χ1n) is 7.47. The van der Waals surface area contributed by atoms with Crippen molar-refractivity contribution < 1.29 is 19.5 Å². The summed E-state index contributed by atoms with van der Waals surface area (Å²) in [6.45, 7) is 1.40. The third-order valence-corrected chi connectivity index (χ3v) is 5.01. The second-order valence-corrected chi connectivity index (χ2v) is 6.61. The van der Waals surface area contributed by atoms with E-state index in [1.165, 1.54) is 23.6 Å². The number of carboxylic acids is 1. The van der Waals surface area contributed by atoms with E-state index in [0.717, 1.165) is 10.9 Å². The van der Waals surface area contributed by atoms with E-state index in [4.69, 9.17) is 5.11 Å². The largest absolute Gasteiger partial charge is 0.480 e. The molecule has 2 heterocycles. The molecule has 1 aliphatic rings. The van der Waals surface area contributed by atoms with Gasteiger partial charge in [-0.05, 0) is 13.0 Å². The molecule has 24 heavy (non-hydrogen) atoms. The molecule has 1 aromatic heterocycles. The van der Waals surface area contributed by atoms with Gasteiger partial charge in [-0.25, -0.2) is 0 Å². The summed E-state index contributed by atoms with van der Waals surface area (Å²) in [5.74, 6) is -0.934. The van der Waals surface area contributed by atoms with Crippen LogP contribution in [0.3, 0.4) is 0 Å². The second-order valence-electron chi connectivity index (χ2n) is 5.61. The molecule has 126 valence electrons. The number of carboxylic acid groups (broad SMARTS) is 1. The van der Waals surface area contributed by atoms with E-state index >= 15 is 0 Å². The normalized spacial score (nSPS) is 18.5. The minimum Gasteiger partial charge on any atom is -0.480 e. The zero-order chi connectivity index (χ0) is 17.3. The first kappa shape index (κ1) is 16.4. The van der Waals surface area contributed by atoms with Crippen LogP contribution >= 0.6 is 11.8 Å². The number of hydrogen-bond donors (Lipinski definition) is 3. The van der Waals surface area contributed by atoms with Crippen LogP contribution in [0.5, 0.6) is 0 Å². The summed E-state index contributed by atoms with van der Waals surface area (Å²) in [6.07, 6.45) is 1.64. The molecule has 3 N–H and O–H groups in total. The molecule has 3 rings (SSSR count). The molecule has 1 unspecified atom stereocenters. The second kappa shape index (κ2) is 6.56. The van der Waals surface area contributed by atoms with Crippen molar-refractivity contribution in [2.45, 2.75) is 19.0 Å². The van der Waals surface area contributed by atoms with E-state index in [1.54, 1.807) is 6.20 Å². The van der Waals surface area contributed by atoms with Gasteiger partial charge in [-0.15, -0.1) is 11.8 Å². The number of carbonyl (C=O) groups is 3. The molecule has 2 atom stereocenters. The number of amides is 2. The highest BCUT2D eigenvalue weighted by atomic mass is 32.2. The lowest BCUT2D eigenvalue weighted by atomic mass is 10.1. The summed E-state index contributed by atoms with van der Waals surface area (Å²) >= 11 is 1.47. The molecule has 0 radical (unpaired) electrons. The van der Waals surface area contributed by atoms with Crippen molar-refractivity contribution >= 4 is 40.4 Å². The standard InChI is InChI=1S/C16H17N3O4S/c1-9(16(22)23)18-14(20)13-7-24-8-19(13)15(21)11-6-17-12-5-3-2-4-10(11)12/h2-6,9,13,17H,7-8H2,1H3,(H,18,20)(H,22,23)/t9-,13?/m0/s1. The zero-order valence-corrected chi connectivity index (χ0v) is 13.8. The number of aromatic amines is 1. The Hall–Kier alpha value is -2.48. The average Bonchev–Trinajstić information content (AvgIpc) is 3.21. The fraction of sp³-hybridized carbons (Fsp3) is 0.312. The quantitative estimate of drug-likeness (QED) is 0.773. The summed E-state index contributed by atoms with van der Waals surface area (Å²) in [7, 11) is 0. The Balaban J connectivity index is 1.81. The van der Waals surface area contributed by atoms with E-state index in [0.29, 0.717) is 17.2 Å². The summed E-state index contributed by atoms with van der Waals surface area (Å²) in [6, 6.07) is 5.80. The molecule has 1 aliphatic heterocycles. The van der Waals surface area contributed by atoms with E-state index in [9.17, 15) is 14.4 Å². The highest BCUT2D eigenvalue weighted by Crippen LogP contribution is 2.26. The number of aromatic nitrogens is 1. The minimum absolute atomic E-state index is 0.236. The number of thioether (sulfide) groups is 1. The lowest BCUT2D eigenvalue weighted by Crippen LogP contribution is -2.51. The SMILES string of the molecule is C[C@H](NC(=O)C1CSCN1C(=O)c1c[nH]c2ccccc12)C(=O)O. The van der Waals surface area contributed by atoms with Crippen molar-refractivity contribution in [1.29, 1.82) is 0 Å². The van der Waals surface area contributed by atoms with Crippen molar-refractivity contribution in [3.8, 4) is 0 Å². The first-order chi connectivity index (χ1) is 11.5. The maximum absolute atomic E-state index is 12.9. The first-order valence-corrected chi connectivity index (χ1v) is 8.62. The predicted molar refractivity (Wildman–Crippen MR) is 90.8 cm³/mol. The maximum Gasteiger partial charge on any atom is 0.325 e. The van der Waals surface area contributed by atoms with E-state index in [1.807, 2.05) is 24.3 Å². The number of rotatable bonds is 4. The van der Waals surface area contributed by atoms with Gasteiger partial charge in [-0.1, -0.05) is 18.2 Å². The van der Waals surface area contributed by atoms with Gasteiger partial charge >= 0.3 is 5.97 Å². The van der Waals surface area contributed by atoms with Gasteiger partial charge in [0.05, 0.1) is 11.4 Å². The van der Waals surface area contributed by atoms with Gasteiger partial charge in [0.15, 0.2) is 0 Å². The van der Waals surface area contributed by atoms with Gasteiger partial charge in [-0.2, -0.15) is 0 Å². The van der Waals surface area contributed by atoms with Crippen LogP contribution in [0.2, 0.25) is 0 Å². The number of nitrogens with zero attached hydrogens (tertiary/aromatic N) is 1. The minimum atomic E-state index is -1.11. The third kappa shape index (κ3) is 2.96. The van der Waals surface area contributed by atoms with Crippen molar-refractivity contribution in [2.75, 3.05) is 11.6 Å². The number of para-hydroxylation sites is 1. The van der Waals surface area contributed by atoms with Crippen LogP contribution in [0.1, 0.15) is 17.3 Å². The van der Waals surface area contributed by atoms with Gasteiger partial charge in [0.1, 0.15) is 12.1 Å². The Morgan fingerprint density at radius 2 is 2.12 bits per heavy atom. The van der Waals surface area contributed by atoms with Crippen LogP contribution < -0.4 is 5.32 Å². The van der Waals surface area contributed by atoms with Gasteiger partial charge in [0.25, 0.3) is 5.91 Å². The molecule has 0 aliphatic carbocycles. The predicted octanol–water partition coefficient (Wildman–Crippen LogP) is 1.27. The molecular weight excluding hydrogens is 330 g/mol. The third-order valence-electron chi connectivity index (χ3n) is 3.99. The number of carbonyl (C=O) groups excluding carboxylic acids is 2. The van der Waals surface area contributed by atoms with Gasteiger partial charge in [0, 0.05) is 22.9 Å². The number of benzene rings is 1. The smallest absolute Gasteiger partial charge is 0.325 e. The molecular formula is C16H17N3O4S. The molecule has 2 amide bonds. The van der Waals surface area contributed by atoms with Crippen LogP contribution in [0.15, 0.2) is 30.5 Å². The van der Waals surface area contributed by atoms with Crippen molar-refractivity contribution in [3.63, 3.8) is 0 Å². The fourth-order valence-corrected chi connectivity index (χ4v) is 3.79. The highest BCUT2D eigenvalue weighted by molar-refractivity contribution is 7.99. The van der Waals surface area contributed by atoms with Crippen LogP contribution in [-0.2, 0) is 9.59 Å².